The lowest BCUT2D eigenvalue weighted by molar-refractivity contribution is 0.854. The van der Waals surface area contributed by atoms with Crippen molar-refractivity contribution in [3.8, 4) is 5.13 Å². The van der Waals surface area contributed by atoms with Crippen LogP contribution in [0.4, 0.5) is 0 Å². The molecule has 0 saturated heterocycles. The predicted octanol–water partition coefficient (Wildman–Crippen LogP) is 3.01. The Balaban J connectivity index is 2.28. The molecule has 0 saturated carbocycles. The van der Waals surface area contributed by atoms with Gasteiger partial charge in [0, 0.05) is 17.3 Å². The summed E-state index contributed by atoms with van der Waals surface area (Å²) in [6, 6.07) is 0. The summed E-state index contributed by atoms with van der Waals surface area (Å²) in [6.45, 7) is 6.47. The fourth-order valence-corrected chi connectivity index (χ4v) is 2.09. The zero-order valence-electron chi connectivity index (χ0n) is 9.27. The largest absolute Gasteiger partial charge is 0.227 e. The average Bonchev–Trinajstić information content (AvgIpc) is 2.86. The fourth-order valence-electron chi connectivity index (χ4n) is 1.31. The molecule has 0 amide bonds. The van der Waals surface area contributed by atoms with Gasteiger partial charge in [0.15, 0.2) is 0 Å². The van der Waals surface area contributed by atoms with Gasteiger partial charge in [-0.1, -0.05) is 32.1 Å². The number of aryl methyl sites for hydroxylation is 1. The lowest BCUT2D eigenvalue weighted by atomic mass is 10.1. The molecular weight excluding hydrogens is 206 g/mol. The smallest absolute Gasteiger partial charge is 0.210 e. The maximum absolute atomic E-state index is 4.35. The van der Waals surface area contributed by atoms with Crippen molar-refractivity contribution in [2.45, 2.75) is 33.1 Å². The van der Waals surface area contributed by atoms with E-state index >= 15 is 0 Å². The van der Waals surface area contributed by atoms with E-state index in [1.54, 1.807) is 11.3 Å². The first-order valence-electron chi connectivity index (χ1n) is 5.20. The molecule has 0 N–H and O–H groups in total. The van der Waals surface area contributed by atoms with Crippen LogP contribution in [0.5, 0.6) is 0 Å². The third-order valence-electron chi connectivity index (χ3n) is 2.36. The van der Waals surface area contributed by atoms with Crippen molar-refractivity contribution in [3.05, 3.63) is 29.0 Å². The van der Waals surface area contributed by atoms with E-state index in [1.165, 1.54) is 10.4 Å². The van der Waals surface area contributed by atoms with Crippen molar-refractivity contribution in [1.82, 2.24) is 14.8 Å². The maximum atomic E-state index is 4.35. The van der Waals surface area contributed by atoms with Gasteiger partial charge in [0.05, 0.1) is 6.20 Å². The molecule has 0 atom stereocenters. The first-order chi connectivity index (χ1) is 7.20. The van der Waals surface area contributed by atoms with E-state index in [0.29, 0.717) is 5.92 Å². The van der Waals surface area contributed by atoms with Gasteiger partial charge in [0.2, 0.25) is 5.13 Å². The summed E-state index contributed by atoms with van der Waals surface area (Å²) in [5.41, 5.74) is 1.25. The first-order valence-corrected chi connectivity index (χ1v) is 6.02. The molecular formula is C11H15N3S. The lowest BCUT2D eigenvalue weighted by Crippen LogP contribution is -1.92. The van der Waals surface area contributed by atoms with Gasteiger partial charge in [0.25, 0.3) is 0 Å². The van der Waals surface area contributed by atoms with Gasteiger partial charge in [-0.2, -0.15) is 5.10 Å². The van der Waals surface area contributed by atoms with Crippen LogP contribution in [0, 0.1) is 0 Å². The van der Waals surface area contributed by atoms with Crippen molar-refractivity contribution in [1.29, 1.82) is 0 Å². The van der Waals surface area contributed by atoms with Crippen molar-refractivity contribution < 1.29 is 0 Å². The normalized spacial score (nSPS) is 11.2. The molecule has 2 rings (SSSR count). The van der Waals surface area contributed by atoms with E-state index in [-0.39, 0.29) is 0 Å². The SMILES string of the molecule is CCc1cnc(-n2cc(C(C)C)cn2)s1. The highest BCUT2D eigenvalue weighted by atomic mass is 32.1. The molecule has 15 heavy (non-hydrogen) atoms. The topological polar surface area (TPSA) is 30.7 Å². The van der Waals surface area contributed by atoms with Crippen LogP contribution in [0.3, 0.4) is 0 Å². The average molecular weight is 221 g/mol. The van der Waals surface area contributed by atoms with E-state index in [0.717, 1.165) is 11.6 Å². The van der Waals surface area contributed by atoms with Crippen molar-refractivity contribution in [2.75, 3.05) is 0 Å². The molecule has 0 aliphatic carbocycles. The molecule has 0 bridgehead atoms. The molecule has 3 nitrogen and oxygen atoms in total. The molecule has 2 heterocycles. The molecule has 0 unspecified atom stereocenters. The first kappa shape index (κ1) is 10.4. The third-order valence-corrected chi connectivity index (χ3v) is 3.49. The van der Waals surface area contributed by atoms with E-state index in [2.05, 4.69) is 37.1 Å². The number of rotatable bonds is 3. The predicted molar refractivity (Wildman–Crippen MR) is 62.7 cm³/mol. The van der Waals surface area contributed by atoms with Crippen molar-refractivity contribution in [3.63, 3.8) is 0 Å². The molecule has 0 fully saturated rings. The van der Waals surface area contributed by atoms with E-state index in [9.17, 15) is 0 Å². The molecule has 0 radical (unpaired) electrons. The maximum Gasteiger partial charge on any atom is 0.210 e. The van der Waals surface area contributed by atoms with Crippen LogP contribution in [-0.2, 0) is 6.42 Å². The molecule has 2 aromatic heterocycles. The zero-order chi connectivity index (χ0) is 10.8. The Morgan fingerprint density at radius 2 is 2.20 bits per heavy atom. The second kappa shape index (κ2) is 4.14. The number of thiazole rings is 1. The summed E-state index contributed by atoms with van der Waals surface area (Å²) in [4.78, 5) is 5.65. The highest BCUT2D eigenvalue weighted by Gasteiger charge is 2.07. The van der Waals surface area contributed by atoms with Gasteiger partial charge in [-0.05, 0) is 17.9 Å². The number of hydrogen-bond acceptors (Lipinski definition) is 3. The van der Waals surface area contributed by atoms with Crippen molar-refractivity contribution >= 4 is 11.3 Å². The van der Waals surface area contributed by atoms with Gasteiger partial charge in [0.1, 0.15) is 0 Å². The van der Waals surface area contributed by atoms with Crippen molar-refractivity contribution in [2.24, 2.45) is 0 Å². The van der Waals surface area contributed by atoms with Crippen LogP contribution in [0.2, 0.25) is 0 Å². The van der Waals surface area contributed by atoms with Gasteiger partial charge in [-0.25, -0.2) is 9.67 Å². The summed E-state index contributed by atoms with van der Waals surface area (Å²) in [7, 11) is 0. The van der Waals surface area contributed by atoms with Crippen LogP contribution < -0.4 is 0 Å². The van der Waals surface area contributed by atoms with Gasteiger partial charge < -0.3 is 0 Å². The Hall–Kier alpha value is -1.16. The zero-order valence-corrected chi connectivity index (χ0v) is 10.1. The highest BCUT2D eigenvalue weighted by molar-refractivity contribution is 7.14. The standard InChI is InChI=1S/C11H15N3S/c1-4-10-6-12-11(15-10)14-7-9(5-13-14)8(2)3/h5-8H,4H2,1-3H3. The lowest BCUT2D eigenvalue weighted by Gasteiger charge is -1.97. The Morgan fingerprint density at radius 3 is 2.73 bits per heavy atom. The second-order valence-electron chi connectivity index (χ2n) is 3.84. The fraction of sp³-hybridized carbons (Fsp3) is 0.455. The summed E-state index contributed by atoms with van der Waals surface area (Å²) < 4.78 is 1.86. The summed E-state index contributed by atoms with van der Waals surface area (Å²) >= 11 is 1.70. The second-order valence-corrected chi connectivity index (χ2v) is 4.93. The number of hydrogen-bond donors (Lipinski definition) is 0. The molecule has 0 spiro atoms. The Morgan fingerprint density at radius 1 is 1.40 bits per heavy atom. The van der Waals surface area contributed by atoms with Gasteiger partial charge in [-0.15, -0.1) is 0 Å². The molecule has 0 aromatic carbocycles. The van der Waals surface area contributed by atoms with Crippen LogP contribution >= 0.6 is 11.3 Å². The van der Waals surface area contributed by atoms with Crippen LogP contribution in [-0.4, -0.2) is 14.8 Å². The number of nitrogens with zero attached hydrogens (tertiary/aromatic N) is 3. The third kappa shape index (κ3) is 2.09. The van der Waals surface area contributed by atoms with Crippen LogP contribution in [0.15, 0.2) is 18.6 Å². The monoisotopic (exact) mass is 221 g/mol. The molecule has 4 heteroatoms. The minimum Gasteiger partial charge on any atom is -0.227 e. The van der Waals surface area contributed by atoms with Crippen LogP contribution in [0.1, 0.15) is 37.1 Å². The minimum absolute atomic E-state index is 0.518. The van der Waals surface area contributed by atoms with E-state index < -0.39 is 0 Å². The van der Waals surface area contributed by atoms with E-state index in [4.69, 9.17) is 0 Å². The van der Waals surface area contributed by atoms with Gasteiger partial charge >= 0.3 is 0 Å². The van der Waals surface area contributed by atoms with Gasteiger partial charge in [-0.3, -0.25) is 0 Å². The highest BCUT2D eigenvalue weighted by Crippen LogP contribution is 2.19. The Bertz CT molecular complexity index is 442. The van der Waals surface area contributed by atoms with E-state index in [1.807, 2.05) is 17.1 Å². The summed E-state index contributed by atoms with van der Waals surface area (Å²) in [6.07, 6.45) is 6.94. The molecule has 0 aliphatic heterocycles. The Kier molecular flexibility index (Phi) is 2.86. The quantitative estimate of drug-likeness (QED) is 0.797. The molecule has 2 aromatic rings. The molecule has 0 aliphatic rings. The summed E-state index contributed by atoms with van der Waals surface area (Å²) in [5.74, 6) is 0.518. The number of aromatic nitrogens is 3. The minimum atomic E-state index is 0.518. The Labute approximate surface area is 93.8 Å². The summed E-state index contributed by atoms with van der Waals surface area (Å²) in [5, 5.41) is 5.28. The van der Waals surface area contributed by atoms with Crippen LogP contribution in [0.25, 0.3) is 5.13 Å². The molecule has 80 valence electrons.